The number of halogens is 2. The predicted octanol–water partition coefficient (Wildman–Crippen LogP) is 4.30. The third-order valence-corrected chi connectivity index (χ3v) is 4.40. The summed E-state index contributed by atoms with van der Waals surface area (Å²) >= 11 is 0. The van der Waals surface area contributed by atoms with Gasteiger partial charge in [-0.2, -0.15) is 0 Å². The summed E-state index contributed by atoms with van der Waals surface area (Å²) in [4.78, 5) is 6.22. The highest BCUT2D eigenvalue weighted by molar-refractivity contribution is 5.20. The van der Waals surface area contributed by atoms with Gasteiger partial charge in [-0.3, -0.25) is 9.88 Å². The summed E-state index contributed by atoms with van der Waals surface area (Å²) in [6, 6.07) is 8.39. The van der Waals surface area contributed by atoms with E-state index >= 15 is 0 Å². The maximum atomic E-state index is 14.0. The van der Waals surface area contributed by atoms with Crippen molar-refractivity contribution in [2.24, 2.45) is 0 Å². The van der Waals surface area contributed by atoms with E-state index in [9.17, 15) is 8.78 Å². The Morgan fingerprint density at radius 2 is 1.59 bits per heavy atom. The molecule has 1 aromatic heterocycles. The molecule has 2 aromatic rings. The number of rotatable bonds is 5. The van der Waals surface area contributed by atoms with Crippen molar-refractivity contribution in [3.05, 3.63) is 65.5 Å². The fraction of sp³-hybridized carbons (Fsp3) is 0.389. The lowest BCUT2D eigenvalue weighted by Crippen LogP contribution is -2.33. The van der Waals surface area contributed by atoms with Gasteiger partial charge in [0.25, 0.3) is 0 Å². The molecular weight excluding hydrogens is 282 g/mol. The summed E-state index contributed by atoms with van der Waals surface area (Å²) in [5.41, 5.74) is 1.29. The van der Waals surface area contributed by atoms with Gasteiger partial charge in [-0.05, 0) is 42.7 Å². The Balaban J connectivity index is 1.82. The molecule has 22 heavy (non-hydrogen) atoms. The van der Waals surface area contributed by atoms with Gasteiger partial charge in [-0.15, -0.1) is 0 Å². The number of hydrogen-bond acceptors (Lipinski definition) is 2. The Labute approximate surface area is 129 Å². The summed E-state index contributed by atoms with van der Waals surface area (Å²) in [7, 11) is 0. The molecule has 0 aliphatic heterocycles. The van der Waals surface area contributed by atoms with Crippen LogP contribution in [-0.4, -0.2) is 15.9 Å². The van der Waals surface area contributed by atoms with Crippen LogP contribution in [0.1, 0.15) is 36.8 Å². The molecule has 0 amide bonds. The van der Waals surface area contributed by atoms with Crippen LogP contribution in [0.4, 0.5) is 8.78 Å². The number of aromatic nitrogens is 1. The first-order valence-corrected chi connectivity index (χ1v) is 7.80. The van der Waals surface area contributed by atoms with Crippen molar-refractivity contribution in [3.63, 3.8) is 0 Å². The van der Waals surface area contributed by atoms with Crippen molar-refractivity contribution in [2.45, 2.75) is 44.8 Å². The second-order valence-electron chi connectivity index (χ2n) is 5.90. The molecule has 0 atom stereocenters. The number of benzene rings is 1. The molecule has 0 saturated heterocycles. The monoisotopic (exact) mass is 302 g/mol. The average Bonchev–Trinajstić information content (AvgIpc) is 3.05. The number of hydrogen-bond donors (Lipinski definition) is 0. The highest BCUT2D eigenvalue weighted by Gasteiger charge is 2.24. The standard InChI is InChI=1S/C18H20F2N2/c19-17-6-3-7-18(20)16(17)13-22(15-4-1-2-5-15)12-14-8-10-21-11-9-14/h3,6-11,15H,1-2,4-5,12-13H2. The van der Waals surface area contributed by atoms with Crippen molar-refractivity contribution >= 4 is 0 Å². The van der Waals surface area contributed by atoms with Crippen LogP contribution in [0.3, 0.4) is 0 Å². The minimum atomic E-state index is -0.460. The fourth-order valence-electron chi connectivity index (χ4n) is 3.19. The SMILES string of the molecule is Fc1cccc(F)c1CN(Cc1ccncc1)C1CCCC1. The minimum Gasteiger partial charge on any atom is -0.292 e. The topological polar surface area (TPSA) is 16.1 Å². The number of nitrogens with zero attached hydrogens (tertiary/aromatic N) is 2. The maximum absolute atomic E-state index is 14.0. The van der Waals surface area contributed by atoms with Crippen LogP contribution in [0.5, 0.6) is 0 Å². The van der Waals surface area contributed by atoms with E-state index in [4.69, 9.17) is 0 Å². The molecule has 1 aliphatic carbocycles. The van der Waals surface area contributed by atoms with E-state index in [1.54, 1.807) is 12.4 Å². The van der Waals surface area contributed by atoms with Gasteiger partial charge < -0.3 is 0 Å². The van der Waals surface area contributed by atoms with Crippen molar-refractivity contribution in [1.82, 2.24) is 9.88 Å². The first kappa shape index (κ1) is 15.1. The van der Waals surface area contributed by atoms with Crippen LogP contribution in [0.2, 0.25) is 0 Å². The second-order valence-corrected chi connectivity index (χ2v) is 5.90. The summed E-state index contributed by atoms with van der Waals surface area (Å²) < 4.78 is 27.9. The van der Waals surface area contributed by atoms with Crippen molar-refractivity contribution in [1.29, 1.82) is 0 Å². The van der Waals surface area contributed by atoms with E-state index in [-0.39, 0.29) is 5.56 Å². The van der Waals surface area contributed by atoms with Crippen LogP contribution >= 0.6 is 0 Å². The van der Waals surface area contributed by atoms with E-state index < -0.39 is 11.6 Å². The van der Waals surface area contributed by atoms with Gasteiger partial charge in [-0.1, -0.05) is 18.9 Å². The quantitative estimate of drug-likeness (QED) is 0.818. The van der Waals surface area contributed by atoms with Gasteiger partial charge in [0, 0.05) is 37.1 Å². The lowest BCUT2D eigenvalue weighted by atomic mass is 10.1. The third kappa shape index (κ3) is 3.50. The highest BCUT2D eigenvalue weighted by Crippen LogP contribution is 2.27. The Bertz CT molecular complexity index is 589. The summed E-state index contributed by atoms with van der Waals surface area (Å²) in [6.45, 7) is 1.01. The average molecular weight is 302 g/mol. The molecule has 0 radical (unpaired) electrons. The zero-order chi connectivity index (χ0) is 15.4. The first-order chi connectivity index (χ1) is 10.7. The minimum absolute atomic E-state index is 0.170. The number of pyridine rings is 1. The summed E-state index contributed by atoms with van der Waals surface area (Å²) in [5, 5.41) is 0. The lowest BCUT2D eigenvalue weighted by molar-refractivity contribution is 0.176. The van der Waals surface area contributed by atoms with Gasteiger partial charge in [0.15, 0.2) is 0 Å². The molecule has 1 fully saturated rings. The molecule has 0 unspecified atom stereocenters. The normalized spacial score (nSPS) is 15.6. The van der Waals surface area contributed by atoms with E-state index in [1.807, 2.05) is 12.1 Å². The van der Waals surface area contributed by atoms with Gasteiger partial charge >= 0.3 is 0 Å². The van der Waals surface area contributed by atoms with E-state index in [1.165, 1.54) is 31.0 Å². The summed E-state index contributed by atoms with van der Waals surface area (Å²) in [5.74, 6) is -0.921. The van der Waals surface area contributed by atoms with E-state index in [2.05, 4.69) is 9.88 Å². The molecule has 1 heterocycles. The van der Waals surface area contributed by atoms with Crippen LogP contribution in [0.25, 0.3) is 0 Å². The highest BCUT2D eigenvalue weighted by atomic mass is 19.1. The first-order valence-electron chi connectivity index (χ1n) is 7.80. The maximum Gasteiger partial charge on any atom is 0.130 e. The molecule has 4 heteroatoms. The van der Waals surface area contributed by atoms with Crippen molar-refractivity contribution in [2.75, 3.05) is 0 Å². The summed E-state index contributed by atoms with van der Waals surface area (Å²) in [6.07, 6.45) is 8.09. The molecule has 1 aliphatic rings. The smallest absolute Gasteiger partial charge is 0.130 e. The molecular formula is C18H20F2N2. The van der Waals surface area contributed by atoms with Crippen LogP contribution in [0.15, 0.2) is 42.7 Å². The van der Waals surface area contributed by atoms with Crippen molar-refractivity contribution in [3.8, 4) is 0 Å². The van der Waals surface area contributed by atoms with Crippen LogP contribution in [-0.2, 0) is 13.1 Å². The molecule has 1 saturated carbocycles. The third-order valence-electron chi connectivity index (χ3n) is 4.40. The van der Waals surface area contributed by atoms with Crippen LogP contribution in [0, 0.1) is 11.6 Å². The van der Waals surface area contributed by atoms with E-state index in [0.29, 0.717) is 19.1 Å². The molecule has 0 N–H and O–H groups in total. The van der Waals surface area contributed by atoms with Gasteiger partial charge in [0.2, 0.25) is 0 Å². The van der Waals surface area contributed by atoms with Crippen LogP contribution < -0.4 is 0 Å². The molecule has 3 rings (SSSR count). The Morgan fingerprint density at radius 1 is 0.955 bits per heavy atom. The molecule has 0 bridgehead atoms. The predicted molar refractivity (Wildman–Crippen MR) is 82.1 cm³/mol. The molecule has 0 spiro atoms. The molecule has 116 valence electrons. The molecule has 1 aromatic carbocycles. The van der Waals surface area contributed by atoms with E-state index in [0.717, 1.165) is 18.4 Å². The Kier molecular flexibility index (Phi) is 4.78. The zero-order valence-corrected chi connectivity index (χ0v) is 12.5. The Hall–Kier alpha value is -1.81. The fourth-order valence-corrected chi connectivity index (χ4v) is 3.19. The van der Waals surface area contributed by atoms with Gasteiger partial charge in [0.1, 0.15) is 11.6 Å². The van der Waals surface area contributed by atoms with Gasteiger partial charge in [0.05, 0.1) is 0 Å². The zero-order valence-electron chi connectivity index (χ0n) is 12.5. The Morgan fingerprint density at radius 3 is 2.23 bits per heavy atom. The largest absolute Gasteiger partial charge is 0.292 e. The van der Waals surface area contributed by atoms with Crippen molar-refractivity contribution < 1.29 is 8.78 Å². The second kappa shape index (κ2) is 6.97. The van der Waals surface area contributed by atoms with Gasteiger partial charge in [-0.25, -0.2) is 8.78 Å². The molecule has 2 nitrogen and oxygen atoms in total. The lowest BCUT2D eigenvalue weighted by Gasteiger charge is -2.29.